The number of benzene rings is 2. The second kappa shape index (κ2) is 5.24. The summed E-state index contributed by atoms with van der Waals surface area (Å²) in [5, 5.41) is 14.5. The maximum atomic E-state index is 12.4. The zero-order valence-corrected chi connectivity index (χ0v) is 12.4. The third kappa shape index (κ3) is 2.44. The van der Waals surface area contributed by atoms with Crippen molar-refractivity contribution in [1.82, 2.24) is 20.7 Å². The topological polar surface area (TPSA) is 83.8 Å². The van der Waals surface area contributed by atoms with Crippen molar-refractivity contribution >= 4 is 27.9 Å². The molecule has 1 atom stereocenters. The lowest BCUT2D eigenvalue weighted by Crippen LogP contribution is -2.26. The van der Waals surface area contributed by atoms with Gasteiger partial charge in [0.05, 0.1) is 6.04 Å². The van der Waals surface area contributed by atoms with E-state index < -0.39 is 0 Å². The molecule has 2 aromatic carbocycles. The molecule has 0 aliphatic rings. The van der Waals surface area contributed by atoms with Crippen LogP contribution < -0.4 is 5.32 Å². The molecule has 0 aliphatic heterocycles. The van der Waals surface area contributed by atoms with Crippen LogP contribution in [0.4, 0.5) is 0 Å². The smallest absolute Gasteiger partial charge is 0.251 e. The highest BCUT2D eigenvalue weighted by Gasteiger charge is 2.16. The van der Waals surface area contributed by atoms with Crippen molar-refractivity contribution in [2.45, 2.75) is 13.0 Å². The number of rotatable bonds is 3. The number of H-pyrrole nitrogens is 1. The van der Waals surface area contributed by atoms with Gasteiger partial charge in [-0.3, -0.25) is 4.79 Å². The first-order valence-electron chi connectivity index (χ1n) is 7.30. The minimum atomic E-state index is -0.233. The van der Waals surface area contributed by atoms with Crippen LogP contribution in [-0.2, 0) is 0 Å². The fourth-order valence-electron chi connectivity index (χ4n) is 2.55. The number of carbonyl (C=O) groups excluding carboxylic acids is 1. The van der Waals surface area contributed by atoms with Gasteiger partial charge in [-0.15, -0.1) is 0 Å². The van der Waals surface area contributed by atoms with Crippen molar-refractivity contribution in [3.63, 3.8) is 0 Å². The van der Waals surface area contributed by atoms with E-state index >= 15 is 0 Å². The quantitative estimate of drug-likeness (QED) is 0.609. The fraction of sp³-hybridized carbons (Fsp3) is 0.118. The van der Waals surface area contributed by atoms with Crippen LogP contribution in [0, 0.1) is 0 Å². The normalized spacial score (nSPS) is 12.6. The predicted molar refractivity (Wildman–Crippen MR) is 86.0 cm³/mol. The van der Waals surface area contributed by atoms with Gasteiger partial charge < -0.3 is 9.73 Å². The Morgan fingerprint density at radius 1 is 1.13 bits per heavy atom. The molecule has 1 amide bonds. The van der Waals surface area contributed by atoms with Crippen LogP contribution in [0.1, 0.15) is 29.1 Å². The third-order valence-electron chi connectivity index (χ3n) is 3.80. The molecule has 6 heteroatoms. The average Bonchev–Trinajstić information content (AvgIpc) is 3.20. The minimum Gasteiger partial charge on any atom is -0.459 e. The molecule has 23 heavy (non-hydrogen) atoms. The number of hydrogen-bond donors (Lipinski definition) is 2. The number of nitrogens with zero attached hydrogens (tertiary/aromatic N) is 2. The summed E-state index contributed by atoms with van der Waals surface area (Å²) < 4.78 is 5.78. The molecule has 2 N–H and O–H groups in total. The number of carbonyl (C=O) groups is 1. The zero-order chi connectivity index (χ0) is 15.8. The first-order valence-corrected chi connectivity index (χ1v) is 7.30. The Morgan fingerprint density at radius 2 is 1.96 bits per heavy atom. The molecule has 4 rings (SSSR count). The number of amides is 1. The van der Waals surface area contributed by atoms with E-state index in [1.165, 1.54) is 0 Å². The van der Waals surface area contributed by atoms with Crippen molar-refractivity contribution in [1.29, 1.82) is 0 Å². The van der Waals surface area contributed by atoms with E-state index in [4.69, 9.17) is 4.42 Å². The van der Waals surface area contributed by atoms with Crippen LogP contribution in [0.15, 0.2) is 52.9 Å². The molecular formula is C17H14N4O2. The molecule has 0 saturated heterocycles. The molecule has 114 valence electrons. The number of aromatic amines is 1. The number of hydrogen-bond acceptors (Lipinski definition) is 4. The number of aromatic nitrogens is 3. The third-order valence-corrected chi connectivity index (χ3v) is 3.80. The molecular weight excluding hydrogens is 292 g/mol. The number of nitrogens with one attached hydrogen (secondary N) is 2. The number of fused-ring (bicyclic) bond motifs is 2. The van der Waals surface area contributed by atoms with Crippen molar-refractivity contribution < 1.29 is 9.21 Å². The molecule has 4 aromatic rings. The maximum absolute atomic E-state index is 12.4. The lowest BCUT2D eigenvalue weighted by Gasteiger charge is -2.11. The molecule has 0 aliphatic carbocycles. The highest BCUT2D eigenvalue weighted by molar-refractivity contribution is 5.97. The molecule has 0 saturated carbocycles. The molecule has 0 radical (unpaired) electrons. The Balaban J connectivity index is 1.57. The highest BCUT2D eigenvalue weighted by Crippen LogP contribution is 2.24. The van der Waals surface area contributed by atoms with Gasteiger partial charge in [0.1, 0.15) is 22.4 Å². The van der Waals surface area contributed by atoms with Gasteiger partial charge in [0.15, 0.2) is 0 Å². The number of para-hydroxylation sites is 1. The van der Waals surface area contributed by atoms with Gasteiger partial charge in [-0.2, -0.15) is 15.4 Å². The summed E-state index contributed by atoms with van der Waals surface area (Å²) in [6.07, 6.45) is 0. The van der Waals surface area contributed by atoms with Gasteiger partial charge in [0, 0.05) is 10.9 Å². The summed E-state index contributed by atoms with van der Waals surface area (Å²) in [5.74, 6) is 0.546. The van der Waals surface area contributed by atoms with E-state index in [1.807, 2.05) is 37.3 Å². The minimum absolute atomic E-state index is 0.178. The lowest BCUT2D eigenvalue weighted by atomic mass is 10.1. The van der Waals surface area contributed by atoms with Crippen molar-refractivity contribution in [3.05, 3.63) is 59.9 Å². The van der Waals surface area contributed by atoms with Gasteiger partial charge in [0.25, 0.3) is 5.91 Å². The van der Waals surface area contributed by atoms with Crippen LogP contribution in [-0.4, -0.2) is 21.3 Å². The zero-order valence-electron chi connectivity index (χ0n) is 12.4. The predicted octanol–water partition coefficient (Wildman–Crippen LogP) is 3.20. The first kappa shape index (κ1) is 13.5. The van der Waals surface area contributed by atoms with Crippen LogP contribution >= 0.6 is 0 Å². The van der Waals surface area contributed by atoms with E-state index in [9.17, 15) is 4.79 Å². The van der Waals surface area contributed by atoms with Gasteiger partial charge >= 0.3 is 0 Å². The maximum Gasteiger partial charge on any atom is 0.251 e. The fourth-order valence-corrected chi connectivity index (χ4v) is 2.55. The van der Waals surface area contributed by atoms with E-state index in [0.717, 1.165) is 22.2 Å². The standard InChI is InChI=1S/C17H14N4O2/c1-10(16-9-11-4-2-3-5-15(11)23-16)18-17(22)12-6-7-13-14(8-12)20-21-19-13/h2-10H,1H3,(H,18,22)(H,19,20,21). The Morgan fingerprint density at radius 3 is 2.83 bits per heavy atom. The summed E-state index contributed by atoms with van der Waals surface area (Å²) in [6.45, 7) is 1.89. The van der Waals surface area contributed by atoms with Crippen LogP contribution in [0.3, 0.4) is 0 Å². The van der Waals surface area contributed by atoms with E-state index in [0.29, 0.717) is 11.1 Å². The Labute approximate surface area is 131 Å². The van der Waals surface area contributed by atoms with Gasteiger partial charge in [-0.05, 0) is 37.3 Å². The average molecular weight is 306 g/mol. The first-order chi connectivity index (χ1) is 11.2. The summed E-state index contributed by atoms with van der Waals surface area (Å²) in [7, 11) is 0. The second-order valence-corrected chi connectivity index (χ2v) is 5.41. The van der Waals surface area contributed by atoms with Gasteiger partial charge in [0.2, 0.25) is 0 Å². The molecule has 0 spiro atoms. The van der Waals surface area contributed by atoms with Crippen LogP contribution in [0.5, 0.6) is 0 Å². The van der Waals surface area contributed by atoms with Crippen LogP contribution in [0.25, 0.3) is 22.0 Å². The van der Waals surface area contributed by atoms with E-state index in [-0.39, 0.29) is 11.9 Å². The Hall–Kier alpha value is -3.15. The van der Waals surface area contributed by atoms with Crippen molar-refractivity contribution in [3.8, 4) is 0 Å². The molecule has 0 bridgehead atoms. The van der Waals surface area contributed by atoms with E-state index in [1.54, 1.807) is 18.2 Å². The van der Waals surface area contributed by atoms with Gasteiger partial charge in [-0.25, -0.2) is 0 Å². The Kier molecular flexibility index (Phi) is 3.08. The summed E-state index contributed by atoms with van der Waals surface area (Å²) in [6, 6.07) is 14.7. The molecule has 0 fully saturated rings. The molecule has 1 unspecified atom stereocenters. The Bertz CT molecular complexity index is 969. The number of furan rings is 1. The van der Waals surface area contributed by atoms with Gasteiger partial charge in [-0.1, -0.05) is 18.2 Å². The van der Waals surface area contributed by atoms with E-state index in [2.05, 4.69) is 20.7 Å². The molecule has 6 nitrogen and oxygen atoms in total. The lowest BCUT2D eigenvalue weighted by molar-refractivity contribution is 0.0936. The van der Waals surface area contributed by atoms with Crippen molar-refractivity contribution in [2.24, 2.45) is 0 Å². The molecule has 2 aromatic heterocycles. The largest absolute Gasteiger partial charge is 0.459 e. The second-order valence-electron chi connectivity index (χ2n) is 5.41. The molecule has 2 heterocycles. The summed E-state index contributed by atoms with van der Waals surface area (Å²) in [4.78, 5) is 12.4. The van der Waals surface area contributed by atoms with Crippen molar-refractivity contribution in [2.75, 3.05) is 0 Å². The van der Waals surface area contributed by atoms with Crippen LogP contribution in [0.2, 0.25) is 0 Å². The SMILES string of the molecule is CC(NC(=O)c1ccc2n[nH]nc2c1)c1cc2ccccc2o1. The highest BCUT2D eigenvalue weighted by atomic mass is 16.3. The summed E-state index contributed by atoms with van der Waals surface area (Å²) >= 11 is 0. The monoisotopic (exact) mass is 306 g/mol. The summed E-state index contributed by atoms with van der Waals surface area (Å²) in [5.41, 5.74) is 2.74.